The van der Waals surface area contributed by atoms with E-state index in [4.69, 9.17) is 4.74 Å². The number of rotatable bonds is 18. The van der Waals surface area contributed by atoms with Gasteiger partial charge in [0, 0.05) is 48.0 Å². The molecule has 1 aliphatic heterocycles. The number of Topliss-reactive ketones (excluding diaryl/α,β-unsaturated/α-hetero) is 2. The molecule has 0 unspecified atom stereocenters. The van der Waals surface area contributed by atoms with Gasteiger partial charge in [-0.25, -0.2) is 9.79 Å². The number of anilines is 1. The molecule has 1 saturated carbocycles. The fraction of sp³-hybridized carbons (Fsp3) is 0.500. The first-order valence-electron chi connectivity index (χ1n) is 20.6. The monoisotopic (exact) mass is 776 g/mol. The van der Waals surface area contributed by atoms with E-state index in [0.29, 0.717) is 37.6 Å². The molecule has 11 nitrogen and oxygen atoms in total. The molecule has 2 aliphatic rings. The van der Waals surface area contributed by atoms with Crippen LogP contribution in [-0.4, -0.2) is 72.8 Å². The standard InChI is InChI=1S/C46H60N6O5/c1-7-52(8-2)25-9-10-41(53)37-21-24-40(31(3)26-37)34-15-11-32(12-16-34)27-38(44(55)50-39-22-19-36(20-23-39)43-48-30-49-51-43)28-42(54)35-17-13-33(14-18-35)29-47-45(56)57-46(4,5)6/h11-12,15-16,19-24,26,33,35,38H,7-10,13-14,17-18,25,27-30H2,1-6H3,(H,47,56)(H,50,55)/t33?,35?,38-/m1/s1. The van der Waals surface area contributed by atoms with Crippen molar-refractivity contribution in [1.82, 2.24) is 10.2 Å². The highest BCUT2D eigenvalue weighted by Gasteiger charge is 2.31. The number of ether oxygens (including phenoxy) is 1. The Hall–Kier alpha value is -5.03. The van der Waals surface area contributed by atoms with Crippen molar-refractivity contribution >= 4 is 35.1 Å². The lowest BCUT2D eigenvalue weighted by molar-refractivity contribution is -0.129. The van der Waals surface area contributed by atoms with Gasteiger partial charge in [-0.2, -0.15) is 5.11 Å². The predicted molar refractivity (Wildman–Crippen MR) is 226 cm³/mol. The number of aliphatic imine (C=N–C) groups is 1. The lowest BCUT2D eigenvalue weighted by Crippen LogP contribution is -2.37. The molecule has 57 heavy (non-hydrogen) atoms. The zero-order valence-corrected chi connectivity index (χ0v) is 34.6. The van der Waals surface area contributed by atoms with Crippen LogP contribution in [0.5, 0.6) is 0 Å². The summed E-state index contributed by atoms with van der Waals surface area (Å²) in [7, 11) is 0. The quantitative estimate of drug-likeness (QED) is 0.123. The highest BCUT2D eigenvalue weighted by Crippen LogP contribution is 2.32. The summed E-state index contributed by atoms with van der Waals surface area (Å²) < 4.78 is 5.38. The van der Waals surface area contributed by atoms with Gasteiger partial charge in [0.1, 0.15) is 11.4 Å². The molecule has 3 aromatic carbocycles. The number of nitrogens with zero attached hydrogens (tertiary/aromatic N) is 4. The average molecular weight is 777 g/mol. The molecule has 2 N–H and O–H groups in total. The topological polar surface area (TPSA) is 142 Å². The number of carbonyl (C=O) groups is 4. The van der Waals surface area contributed by atoms with E-state index in [1.807, 2.05) is 82.3 Å². The van der Waals surface area contributed by atoms with E-state index in [1.54, 1.807) is 0 Å². The fourth-order valence-corrected chi connectivity index (χ4v) is 7.64. The first-order chi connectivity index (χ1) is 27.3. The van der Waals surface area contributed by atoms with Gasteiger partial charge in [-0.1, -0.05) is 50.2 Å². The molecule has 5 rings (SSSR count). The summed E-state index contributed by atoms with van der Waals surface area (Å²) in [4.78, 5) is 59.5. The van der Waals surface area contributed by atoms with E-state index in [9.17, 15) is 19.2 Å². The van der Waals surface area contributed by atoms with Crippen molar-refractivity contribution in [3.63, 3.8) is 0 Å². The summed E-state index contributed by atoms with van der Waals surface area (Å²) in [6, 6.07) is 21.4. The Morgan fingerprint density at radius 2 is 1.58 bits per heavy atom. The van der Waals surface area contributed by atoms with Gasteiger partial charge in [-0.05, 0) is 144 Å². The van der Waals surface area contributed by atoms with E-state index in [2.05, 4.69) is 56.7 Å². The van der Waals surface area contributed by atoms with Crippen molar-refractivity contribution < 1.29 is 23.9 Å². The van der Waals surface area contributed by atoms with Gasteiger partial charge in [0.05, 0.1) is 0 Å². The number of azo groups is 1. The number of amidine groups is 1. The number of aryl methyl sites for hydroxylation is 1. The van der Waals surface area contributed by atoms with Gasteiger partial charge in [0.2, 0.25) is 5.91 Å². The van der Waals surface area contributed by atoms with Gasteiger partial charge in [0.25, 0.3) is 0 Å². The summed E-state index contributed by atoms with van der Waals surface area (Å²) in [6.45, 7) is 15.6. The normalized spacial score (nSPS) is 17.2. The summed E-state index contributed by atoms with van der Waals surface area (Å²) in [5, 5.41) is 13.9. The van der Waals surface area contributed by atoms with Crippen LogP contribution in [0.25, 0.3) is 11.1 Å². The minimum atomic E-state index is -0.573. The Labute approximate surface area is 338 Å². The molecule has 0 spiro atoms. The number of nitrogens with one attached hydrogen (secondary N) is 2. The van der Waals surface area contributed by atoms with Crippen LogP contribution in [0.1, 0.15) is 107 Å². The maximum atomic E-state index is 13.9. The SMILES string of the molecule is CCN(CC)CCCC(=O)c1ccc(-c2ccc(C[C@H](CC(=O)C3CCC(CNC(=O)OC(C)(C)C)CC3)C(=O)Nc3ccc(C4=NCN=N4)cc3)cc2)c(C)c1. The number of hydrogen-bond donors (Lipinski definition) is 2. The number of amides is 2. The molecule has 0 bridgehead atoms. The van der Waals surface area contributed by atoms with Gasteiger partial charge in [-0.3, -0.25) is 14.4 Å². The molecular formula is C46H60N6O5. The molecule has 1 heterocycles. The number of benzene rings is 3. The third kappa shape index (κ3) is 13.0. The predicted octanol–water partition coefficient (Wildman–Crippen LogP) is 9.22. The van der Waals surface area contributed by atoms with Crippen LogP contribution in [0.2, 0.25) is 0 Å². The first-order valence-corrected chi connectivity index (χ1v) is 20.6. The van der Waals surface area contributed by atoms with Gasteiger partial charge in [-0.15, -0.1) is 5.11 Å². The minimum Gasteiger partial charge on any atom is -0.444 e. The molecule has 0 radical (unpaired) electrons. The molecule has 1 fully saturated rings. The molecule has 11 heteroatoms. The molecule has 1 aliphatic carbocycles. The highest BCUT2D eigenvalue weighted by molar-refractivity contribution is 6.01. The minimum absolute atomic E-state index is 0.101. The van der Waals surface area contributed by atoms with E-state index in [1.165, 1.54) is 0 Å². The smallest absolute Gasteiger partial charge is 0.407 e. The first kappa shape index (κ1) is 43.1. The second-order valence-electron chi connectivity index (χ2n) is 16.4. The lowest BCUT2D eigenvalue weighted by atomic mass is 9.77. The molecule has 0 saturated heterocycles. The summed E-state index contributed by atoms with van der Waals surface area (Å²) >= 11 is 0. The zero-order valence-electron chi connectivity index (χ0n) is 34.6. The Kier molecular flexibility index (Phi) is 15.4. The molecule has 304 valence electrons. The maximum absolute atomic E-state index is 13.9. The molecule has 2 amide bonds. The molecular weight excluding hydrogens is 717 g/mol. The highest BCUT2D eigenvalue weighted by atomic mass is 16.6. The summed E-state index contributed by atoms with van der Waals surface area (Å²) in [5.41, 5.74) is 5.70. The van der Waals surface area contributed by atoms with Crippen molar-refractivity contribution in [2.45, 2.75) is 98.5 Å². The second kappa shape index (κ2) is 20.4. The Morgan fingerprint density at radius 1 is 0.895 bits per heavy atom. The van der Waals surface area contributed by atoms with Crippen molar-refractivity contribution in [3.05, 3.63) is 89.0 Å². The van der Waals surface area contributed by atoms with Crippen molar-refractivity contribution in [2.24, 2.45) is 33.0 Å². The Balaban J connectivity index is 1.23. The largest absolute Gasteiger partial charge is 0.444 e. The van der Waals surface area contributed by atoms with Crippen molar-refractivity contribution in [2.75, 3.05) is 38.2 Å². The number of ketones is 2. The van der Waals surface area contributed by atoms with Crippen LogP contribution in [0.3, 0.4) is 0 Å². The van der Waals surface area contributed by atoms with Gasteiger partial charge in [0.15, 0.2) is 18.3 Å². The number of hydrogen-bond acceptors (Lipinski definition) is 9. The third-order valence-electron chi connectivity index (χ3n) is 11.0. The summed E-state index contributed by atoms with van der Waals surface area (Å²) in [5.74, 6) is 0.209. The van der Waals surface area contributed by atoms with E-state index >= 15 is 0 Å². The third-order valence-corrected chi connectivity index (χ3v) is 11.0. The van der Waals surface area contributed by atoms with Crippen LogP contribution in [0, 0.1) is 24.7 Å². The molecule has 3 aromatic rings. The number of alkyl carbamates (subject to hydrolysis) is 1. The van der Waals surface area contributed by atoms with Crippen LogP contribution in [0.4, 0.5) is 10.5 Å². The van der Waals surface area contributed by atoms with Crippen LogP contribution in [-0.2, 0) is 20.7 Å². The van der Waals surface area contributed by atoms with E-state index in [0.717, 1.165) is 85.1 Å². The van der Waals surface area contributed by atoms with E-state index in [-0.39, 0.29) is 35.7 Å². The Bertz CT molecular complexity index is 1900. The lowest BCUT2D eigenvalue weighted by Gasteiger charge is -2.29. The molecule has 1 atom stereocenters. The fourth-order valence-electron chi connectivity index (χ4n) is 7.64. The van der Waals surface area contributed by atoms with Crippen LogP contribution < -0.4 is 10.6 Å². The Morgan fingerprint density at radius 3 is 2.19 bits per heavy atom. The van der Waals surface area contributed by atoms with Crippen LogP contribution >= 0.6 is 0 Å². The van der Waals surface area contributed by atoms with Gasteiger partial charge >= 0.3 is 6.09 Å². The zero-order chi connectivity index (χ0) is 41.0. The van der Waals surface area contributed by atoms with Crippen molar-refractivity contribution in [3.8, 4) is 11.1 Å². The van der Waals surface area contributed by atoms with Gasteiger partial charge < -0.3 is 20.3 Å². The second-order valence-corrected chi connectivity index (χ2v) is 16.4. The number of carbonyl (C=O) groups excluding carboxylic acids is 4. The van der Waals surface area contributed by atoms with E-state index < -0.39 is 17.6 Å². The average Bonchev–Trinajstić information content (AvgIpc) is 3.74. The van der Waals surface area contributed by atoms with Crippen molar-refractivity contribution in [1.29, 1.82) is 0 Å². The molecule has 0 aromatic heterocycles. The van der Waals surface area contributed by atoms with Crippen LogP contribution in [0.15, 0.2) is 82.0 Å². The summed E-state index contributed by atoms with van der Waals surface area (Å²) in [6.07, 6.45) is 4.60. The maximum Gasteiger partial charge on any atom is 0.407 e.